The molecule has 180 valence electrons. The number of nitrogens with zero attached hydrogens (tertiary/aromatic N) is 1. The van der Waals surface area contributed by atoms with Crippen LogP contribution in [0.25, 0.3) is 10.9 Å². The highest BCUT2D eigenvalue weighted by Gasteiger charge is 2.46. The number of carbonyl (C=O) groups is 2. The number of fused-ring (bicyclic) bond motifs is 5. The van der Waals surface area contributed by atoms with E-state index in [2.05, 4.69) is 16.4 Å². The van der Waals surface area contributed by atoms with Crippen LogP contribution in [0, 0.1) is 0 Å². The fraction of sp³-hybridized carbons (Fsp3) is 0.214. The second-order valence-corrected chi connectivity index (χ2v) is 9.52. The molecule has 4 heterocycles. The Kier molecular flexibility index (Phi) is 4.51. The van der Waals surface area contributed by atoms with Crippen molar-refractivity contribution in [3.05, 3.63) is 89.1 Å². The number of hydrogen-bond donors (Lipinski definition) is 3. The maximum Gasteiger partial charge on any atom is 0.245 e. The third kappa shape index (κ3) is 3.21. The molecule has 8 heteroatoms. The number of ether oxygens (including phenoxy) is 2. The molecule has 1 fully saturated rings. The number of aromatic amines is 1. The SMILES string of the molecule is Nc1cccc(CC2Oc3ccc([C@@H]4c5[nH]c6ccccc6c5C[C@@H]5C(=O)NCC(=O)N45)cc3O2)c1. The molecule has 0 aliphatic carbocycles. The molecule has 36 heavy (non-hydrogen) atoms. The summed E-state index contributed by atoms with van der Waals surface area (Å²) in [6.07, 6.45) is 0.555. The summed E-state index contributed by atoms with van der Waals surface area (Å²) in [6.45, 7) is -0.00573. The molecule has 7 rings (SSSR count). The van der Waals surface area contributed by atoms with Gasteiger partial charge in [-0.25, -0.2) is 0 Å². The number of hydrogen-bond acceptors (Lipinski definition) is 5. The molecular weight excluding hydrogens is 456 g/mol. The summed E-state index contributed by atoms with van der Waals surface area (Å²) in [5.74, 6) is 1.04. The predicted octanol–water partition coefficient (Wildman–Crippen LogP) is 3.06. The number of piperazine rings is 1. The van der Waals surface area contributed by atoms with Crippen molar-refractivity contribution in [2.24, 2.45) is 0 Å². The summed E-state index contributed by atoms with van der Waals surface area (Å²) in [5, 5.41) is 3.83. The number of carbonyl (C=O) groups excluding carboxylic acids is 2. The van der Waals surface area contributed by atoms with Gasteiger partial charge in [-0.2, -0.15) is 0 Å². The highest BCUT2D eigenvalue weighted by Crippen LogP contribution is 2.45. The van der Waals surface area contributed by atoms with Crippen molar-refractivity contribution in [1.29, 1.82) is 0 Å². The minimum absolute atomic E-state index is 0.00573. The Morgan fingerprint density at radius 3 is 2.72 bits per heavy atom. The molecule has 1 saturated heterocycles. The number of aromatic nitrogens is 1. The fourth-order valence-electron chi connectivity index (χ4n) is 5.71. The summed E-state index contributed by atoms with van der Waals surface area (Å²) in [5.41, 5.74) is 11.5. The standard InChI is InChI=1S/C28H24N4O4/c29-17-5-3-4-15(10-17)11-25-35-22-9-8-16(12-23(22)36-25)27-26-19(18-6-1-2-7-20(18)31-26)13-21-28(34)30-14-24(33)32(21)27/h1-10,12,21,25,27,31H,11,13-14,29H2,(H,30,34)/t21-,25?,27-/m1/s1. The van der Waals surface area contributed by atoms with Gasteiger partial charge in [-0.1, -0.05) is 36.4 Å². The first-order chi connectivity index (χ1) is 17.5. The monoisotopic (exact) mass is 480 g/mol. The van der Waals surface area contributed by atoms with E-state index in [-0.39, 0.29) is 18.4 Å². The highest BCUT2D eigenvalue weighted by molar-refractivity contribution is 5.97. The Morgan fingerprint density at radius 2 is 1.83 bits per heavy atom. The highest BCUT2D eigenvalue weighted by atomic mass is 16.7. The van der Waals surface area contributed by atoms with E-state index in [1.807, 2.05) is 60.7 Å². The first-order valence-electron chi connectivity index (χ1n) is 12.1. The van der Waals surface area contributed by atoms with E-state index in [9.17, 15) is 9.59 Å². The number of rotatable bonds is 3. The minimum Gasteiger partial charge on any atom is -0.451 e. The Balaban J connectivity index is 1.28. The van der Waals surface area contributed by atoms with E-state index in [1.54, 1.807) is 4.90 Å². The molecule has 0 saturated carbocycles. The van der Waals surface area contributed by atoms with Crippen LogP contribution >= 0.6 is 0 Å². The van der Waals surface area contributed by atoms with E-state index in [4.69, 9.17) is 15.2 Å². The lowest BCUT2D eigenvalue weighted by molar-refractivity contribution is -0.148. The number of nitrogens with two attached hydrogens (primary N) is 1. The Hall–Kier alpha value is -4.46. The van der Waals surface area contributed by atoms with Crippen molar-refractivity contribution >= 4 is 28.4 Å². The zero-order chi connectivity index (χ0) is 24.4. The van der Waals surface area contributed by atoms with Gasteiger partial charge in [0.25, 0.3) is 0 Å². The van der Waals surface area contributed by atoms with Crippen LogP contribution in [0.15, 0.2) is 66.7 Å². The largest absolute Gasteiger partial charge is 0.451 e. The topological polar surface area (TPSA) is 110 Å². The summed E-state index contributed by atoms with van der Waals surface area (Å²) < 4.78 is 12.2. The normalized spacial score (nSPS) is 22.3. The van der Waals surface area contributed by atoms with Crippen LogP contribution in [0.3, 0.4) is 0 Å². The van der Waals surface area contributed by atoms with Crippen molar-refractivity contribution in [2.45, 2.75) is 31.2 Å². The van der Waals surface area contributed by atoms with Crippen molar-refractivity contribution in [2.75, 3.05) is 12.3 Å². The molecule has 3 atom stereocenters. The van der Waals surface area contributed by atoms with Crippen LogP contribution in [0.1, 0.15) is 28.4 Å². The third-order valence-corrected chi connectivity index (χ3v) is 7.29. The summed E-state index contributed by atoms with van der Waals surface area (Å²) >= 11 is 0. The van der Waals surface area contributed by atoms with Crippen molar-refractivity contribution < 1.29 is 19.1 Å². The van der Waals surface area contributed by atoms with Gasteiger partial charge in [-0.05, 0) is 47.0 Å². The average Bonchev–Trinajstić information content (AvgIpc) is 3.45. The summed E-state index contributed by atoms with van der Waals surface area (Å²) in [7, 11) is 0. The van der Waals surface area contributed by atoms with Crippen LogP contribution < -0.4 is 20.5 Å². The maximum absolute atomic E-state index is 13.1. The van der Waals surface area contributed by atoms with E-state index in [0.29, 0.717) is 30.0 Å². The number of nitrogen functional groups attached to an aromatic ring is 1. The van der Waals surface area contributed by atoms with Crippen LogP contribution in [0.4, 0.5) is 5.69 Å². The smallest absolute Gasteiger partial charge is 0.245 e. The molecule has 4 N–H and O–H groups in total. The number of nitrogens with one attached hydrogen (secondary N) is 2. The summed E-state index contributed by atoms with van der Waals surface area (Å²) in [6, 6.07) is 20.5. The van der Waals surface area contributed by atoms with Gasteiger partial charge < -0.3 is 30.4 Å². The number of benzene rings is 3. The van der Waals surface area contributed by atoms with E-state index >= 15 is 0 Å². The van der Waals surface area contributed by atoms with Gasteiger partial charge in [0.15, 0.2) is 11.5 Å². The lowest BCUT2D eigenvalue weighted by Gasteiger charge is -2.44. The first-order valence-corrected chi connectivity index (χ1v) is 12.1. The Morgan fingerprint density at radius 1 is 0.972 bits per heavy atom. The number of H-pyrrole nitrogens is 1. The third-order valence-electron chi connectivity index (χ3n) is 7.29. The molecule has 3 aromatic carbocycles. The molecule has 2 amide bonds. The van der Waals surface area contributed by atoms with Gasteiger partial charge in [0, 0.05) is 35.1 Å². The van der Waals surface area contributed by atoms with Crippen LogP contribution in [0.2, 0.25) is 0 Å². The number of amides is 2. The van der Waals surface area contributed by atoms with Gasteiger partial charge in [-0.15, -0.1) is 0 Å². The van der Waals surface area contributed by atoms with Gasteiger partial charge in [0.2, 0.25) is 18.1 Å². The molecule has 8 nitrogen and oxygen atoms in total. The van der Waals surface area contributed by atoms with Crippen LogP contribution in [-0.2, 0) is 22.4 Å². The molecule has 3 aliphatic rings. The quantitative estimate of drug-likeness (QED) is 0.391. The zero-order valence-corrected chi connectivity index (χ0v) is 19.4. The molecule has 0 spiro atoms. The Labute approximate surface area is 207 Å². The fourth-order valence-corrected chi connectivity index (χ4v) is 5.71. The molecule has 3 aliphatic heterocycles. The average molecular weight is 481 g/mol. The lowest BCUT2D eigenvalue weighted by atomic mass is 9.86. The van der Waals surface area contributed by atoms with Gasteiger partial charge in [0.05, 0.1) is 12.6 Å². The number of para-hydroxylation sites is 1. The van der Waals surface area contributed by atoms with E-state index in [0.717, 1.165) is 33.3 Å². The first kappa shape index (κ1) is 20.9. The second-order valence-electron chi connectivity index (χ2n) is 9.52. The molecule has 0 bridgehead atoms. The van der Waals surface area contributed by atoms with E-state index < -0.39 is 18.4 Å². The molecular formula is C28H24N4O4. The number of anilines is 1. The van der Waals surface area contributed by atoms with Gasteiger partial charge >= 0.3 is 0 Å². The maximum atomic E-state index is 13.1. The van der Waals surface area contributed by atoms with Crippen LogP contribution in [0.5, 0.6) is 11.5 Å². The predicted molar refractivity (Wildman–Crippen MR) is 134 cm³/mol. The van der Waals surface area contributed by atoms with Crippen molar-refractivity contribution in [3.63, 3.8) is 0 Å². The van der Waals surface area contributed by atoms with Crippen molar-refractivity contribution in [3.8, 4) is 11.5 Å². The minimum atomic E-state index is -0.565. The summed E-state index contributed by atoms with van der Waals surface area (Å²) in [4.78, 5) is 31.3. The molecule has 1 aromatic heterocycles. The second kappa shape index (κ2) is 7.78. The Bertz CT molecular complexity index is 1540. The van der Waals surface area contributed by atoms with Crippen LogP contribution in [-0.4, -0.2) is 40.6 Å². The van der Waals surface area contributed by atoms with Gasteiger partial charge in [0.1, 0.15) is 6.04 Å². The lowest BCUT2D eigenvalue weighted by Crippen LogP contribution is -2.61. The molecule has 1 unspecified atom stereocenters. The molecule has 0 radical (unpaired) electrons. The van der Waals surface area contributed by atoms with Gasteiger partial charge in [-0.3, -0.25) is 9.59 Å². The van der Waals surface area contributed by atoms with E-state index in [1.165, 1.54) is 0 Å². The zero-order valence-electron chi connectivity index (χ0n) is 19.4. The molecule has 4 aromatic rings. The van der Waals surface area contributed by atoms with Crippen molar-refractivity contribution in [1.82, 2.24) is 15.2 Å².